The van der Waals surface area contributed by atoms with Crippen molar-refractivity contribution in [1.29, 1.82) is 0 Å². The Morgan fingerprint density at radius 3 is 2.67 bits per heavy atom. The van der Waals surface area contributed by atoms with E-state index in [-0.39, 0.29) is 5.56 Å². The van der Waals surface area contributed by atoms with Gasteiger partial charge in [-0.3, -0.25) is 9.89 Å². The molecule has 0 amide bonds. The molecule has 106 valence electrons. The van der Waals surface area contributed by atoms with Crippen molar-refractivity contribution in [2.45, 2.75) is 13.5 Å². The fourth-order valence-corrected chi connectivity index (χ4v) is 2.08. The Kier molecular flexibility index (Phi) is 3.51. The highest BCUT2D eigenvalue weighted by molar-refractivity contribution is 5.58. The van der Waals surface area contributed by atoms with E-state index in [1.54, 1.807) is 13.1 Å². The topological polar surface area (TPSA) is 86.5 Å². The van der Waals surface area contributed by atoms with Gasteiger partial charge in [0.25, 0.3) is 5.56 Å². The first kappa shape index (κ1) is 13.1. The quantitative estimate of drug-likeness (QED) is 0.683. The van der Waals surface area contributed by atoms with E-state index in [2.05, 4.69) is 25.5 Å². The minimum absolute atomic E-state index is 0.153. The normalized spacial score (nSPS) is 10.5. The highest BCUT2D eigenvalue weighted by atomic mass is 16.1. The van der Waals surface area contributed by atoms with Crippen molar-refractivity contribution >= 4 is 5.82 Å². The number of aromatic amines is 2. The summed E-state index contributed by atoms with van der Waals surface area (Å²) in [7, 11) is 0. The Balaban J connectivity index is 1.69. The van der Waals surface area contributed by atoms with Crippen LogP contribution in [0.5, 0.6) is 0 Å². The number of benzene rings is 1. The van der Waals surface area contributed by atoms with Gasteiger partial charge in [0.1, 0.15) is 11.6 Å². The van der Waals surface area contributed by atoms with Crippen molar-refractivity contribution in [3.63, 3.8) is 0 Å². The van der Waals surface area contributed by atoms with Crippen LogP contribution in [-0.2, 0) is 6.54 Å². The largest absolute Gasteiger partial charge is 0.366 e. The van der Waals surface area contributed by atoms with E-state index in [1.807, 2.05) is 30.3 Å². The van der Waals surface area contributed by atoms with Gasteiger partial charge in [-0.15, -0.1) is 0 Å². The summed E-state index contributed by atoms with van der Waals surface area (Å²) in [5.41, 5.74) is 3.03. The second-order valence-corrected chi connectivity index (χ2v) is 4.74. The van der Waals surface area contributed by atoms with E-state index in [9.17, 15) is 4.79 Å². The van der Waals surface area contributed by atoms with Crippen LogP contribution < -0.4 is 10.9 Å². The van der Waals surface area contributed by atoms with E-state index in [1.165, 1.54) is 6.07 Å². The molecule has 0 fully saturated rings. The second-order valence-electron chi connectivity index (χ2n) is 4.74. The Bertz CT molecular complexity index is 775. The summed E-state index contributed by atoms with van der Waals surface area (Å²) in [6.45, 7) is 2.37. The molecule has 6 nitrogen and oxygen atoms in total. The summed E-state index contributed by atoms with van der Waals surface area (Å²) in [5, 5.41) is 10.0. The first-order valence-electron chi connectivity index (χ1n) is 6.61. The molecular weight excluding hydrogens is 266 g/mol. The van der Waals surface area contributed by atoms with Gasteiger partial charge in [-0.2, -0.15) is 5.10 Å². The highest BCUT2D eigenvalue weighted by Crippen LogP contribution is 2.17. The van der Waals surface area contributed by atoms with Gasteiger partial charge in [-0.05, 0) is 24.1 Å². The Morgan fingerprint density at radius 2 is 2.00 bits per heavy atom. The van der Waals surface area contributed by atoms with Gasteiger partial charge in [0, 0.05) is 18.8 Å². The number of nitrogens with zero attached hydrogens (tertiary/aromatic N) is 2. The molecule has 3 aromatic rings. The van der Waals surface area contributed by atoms with Gasteiger partial charge in [0.15, 0.2) is 0 Å². The molecule has 0 bridgehead atoms. The first-order valence-corrected chi connectivity index (χ1v) is 6.61. The number of aromatic nitrogens is 4. The monoisotopic (exact) mass is 281 g/mol. The van der Waals surface area contributed by atoms with E-state index in [4.69, 9.17) is 0 Å². The summed E-state index contributed by atoms with van der Waals surface area (Å²) >= 11 is 0. The number of hydrogen-bond acceptors (Lipinski definition) is 4. The van der Waals surface area contributed by atoms with Crippen molar-refractivity contribution in [3.05, 3.63) is 64.3 Å². The molecule has 6 heteroatoms. The molecule has 0 saturated heterocycles. The lowest BCUT2D eigenvalue weighted by molar-refractivity contribution is 0.997. The van der Waals surface area contributed by atoms with Crippen molar-refractivity contribution in [2.75, 3.05) is 5.32 Å². The number of anilines is 1. The number of rotatable bonds is 4. The van der Waals surface area contributed by atoms with E-state index < -0.39 is 0 Å². The van der Waals surface area contributed by atoms with E-state index in [0.717, 1.165) is 16.8 Å². The van der Waals surface area contributed by atoms with Gasteiger partial charge < -0.3 is 10.3 Å². The standard InChI is InChI=1S/C15H15N5O/c1-10-18-14(8-15(21)19-10)16-9-11-2-4-12(5-3-11)13-6-7-17-20-13/h2-8H,9H2,1H3,(H,17,20)(H2,16,18,19,21). The fraction of sp³-hybridized carbons (Fsp3) is 0.133. The van der Waals surface area contributed by atoms with Crippen molar-refractivity contribution in [1.82, 2.24) is 20.2 Å². The van der Waals surface area contributed by atoms with E-state index >= 15 is 0 Å². The molecule has 0 aliphatic rings. The van der Waals surface area contributed by atoms with Gasteiger partial charge in [-0.25, -0.2) is 4.98 Å². The lowest BCUT2D eigenvalue weighted by Crippen LogP contribution is -2.11. The zero-order valence-corrected chi connectivity index (χ0v) is 11.6. The maximum atomic E-state index is 11.4. The van der Waals surface area contributed by atoms with Gasteiger partial charge in [0.05, 0.1) is 5.69 Å². The highest BCUT2D eigenvalue weighted by Gasteiger charge is 2.01. The van der Waals surface area contributed by atoms with Crippen LogP contribution in [0.1, 0.15) is 11.4 Å². The molecule has 0 spiro atoms. The van der Waals surface area contributed by atoms with Crippen LogP contribution in [0.2, 0.25) is 0 Å². The third kappa shape index (κ3) is 3.17. The Hall–Kier alpha value is -2.89. The third-order valence-electron chi connectivity index (χ3n) is 3.10. The molecule has 0 atom stereocenters. The molecule has 2 aromatic heterocycles. The second kappa shape index (κ2) is 5.62. The van der Waals surface area contributed by atoms with Crippen LogP contribution >= 0.6 is 0 Å². The minimum Gasteiger partial charge on any atom is -0.366 e. The number of H-pyrrole nitrogens is 2. The number of hydrogen-bond donors (Lipinski definition) is 3. The Labute approximate surface area is 121 Å². The average molecular weight is 281 g/mol. The van der Waals surface area contributed by atoms with E-state index in [0.29, 0.717) is 18.2 Å². The fourth-order valence-electron chi connectivity index (χ4n) is 2.08. The summed E-state index contributed by atoms with van der Waals surface area (Å²) in [5.74, 6) is 1.17. The average Bonchev–Trinajstić information content (AvgIpc) is 2.99. The molecule has 0 saturated carbocycles. The number of nitrogens with one attached hydrogen (secondary N) is 3. The lowest BCUT2D eigenvalue weighted by atomic mass is 10.1. The van der Waals surface area contributed by atoms with Crippen LogP contribution in [-0.4, -0.2) is 20.2 Å². The molecule has 1 aromatic carbocycles. The molecule has 3 rings (SSSR count). The molecule has 2 heterocycles. The SMILES string of the molecule is Cc1nc(NCc2ccc(-c3ccn[nH]3)cc2)cc(=O)[nH]1. The Morgan fingerprint density at radius 1 is 1.19 bits per heavy atom. The maximum Gasteiger partial charge on any atom is 0.252 e. The predicted molar refractivity (Wildman–Crippen MR) is 80.9 cm³/mol. The van der Waals surface area contributed by atoms with Gasteiger partial charge in [-0.1, -0.05) is 24.3 Å². The van der Waals surface area contributed by atoms with Crippen LogP contribution in [0.4, 0.5) is 5.82 Å². The molecule has 3 N–H and O–H groups in total. The van der Waals surface area contributed by atoms with Crippen molar-refractivity contribution in [3.8, 4) is 11.3 Å². The molecular formula is C15H15N5O. The van der Waals surface area contributed by atoms with Crippen LogP contribution in [0.15, 0.2) is 47.4 Å². The van der Waals surface area contributed by atoms with Crippen molar-refractivity contribution < 1.29 is 0 Å². The molecule has 21 heavy (non-hydrogen) atoms. The lowest BCUT2D eigenvalue weighted by Gasteiger charge is -2.06. The minimum atomic E-state index is -0.153. The van der Waals surface area contributed by atoms with Gasteiger partial charge in [0.2, 0.25) is 0 Å². The van der Waals surface area contributed by atoms with Gasteiger partial charge >= 0.3 is 0 Å². The smallest absolute Gasteiger partial charge is 0.252 e. The molecule has 0 radical (unpaired) electrons. The summed E-state index contributed by atoms with van der Waals surface area (Å²) in [6, 6.07) is 11.5. The summed E-state index contributed by atoms with van der Waals surface area (Å²) < 4.78 is 0. The predicted octanol–water partition coefficient (Wildman–Crippen LogP) is 2.08. The third-order valence-corrected chi connectivity index (χ3v) is 3.10. The molecule has 0 unspecified atom stereocenters. The van der Waals surface area contributed by atoms with Crippen molar-refractivity contribution in [2.24, 2.45) is 0 Å². The first-order chi connectivity index (χ1) is 10.2. The molecule has 0 aliphatic heterocycles. The van der Waals surface area contributed by atoms with Crippen LogP contribution in [0.25, 0.3) is 11.3 Å². The molecule has 0 aliphatic carbocycles. The van der Waals surface area contributed by atoms with Crippen LogP contribution in [0.3, 0.4) is 0 Å². The number of aryl methyl sites for hydroxylation is 1. The summed E-state index contributed by atoms with van der Waals surface area (Å²) in [6.07, 6.45) is 1.73. The zero-order valence-electron chi connectivity index (χ0n) is 11.6. The van der Waals surface area contributed by atoms with Crippen LogP contribution in [0, 0.1) is 6.92 Å². The summed E-state index contributed by atoms with van der Waals surface area (Å²) in [4.78, 5) is 18.2. The maximum absolute atomic E-state index is 11.4. The zero-order chi connectivity index (χ0) is 14.7.